The van der Waals surface area contributed by atoms with Crippen LogP contribution in [0.1, 0.15) is 5.76 Å². The molecule has 2 unspecified atom stereocenters. The first-order chi connectivity index (χ1) is 6.33. The van der Waals surface area contributed by atoms with E-state index in [1.54, 1.807) is 18.2 Å². The fraction of sp³-hybridized carbons (Fsp3) is 0.222. The zero-order valence-electron chi connectivity index (χ0n) is 6.60. The Morgan fingerprint density at radius 3 is 3.00 bits per heavy atom. The van der Waals surface area contributed by atoms with E-state index in [4.69, 9.17) is 13.9 Å². The fourth-order valence-corrected chi connectivity index (χ4v) is 1.61. The Bertz CT molecular complexity index is 380. The average Bonchev–Trinajstić information content (AvgIpc) is 2.65. The predicted molar refractivity (Wildman–Crippen MR) is 40.5 cm³/mol. The molecule has 13 heavy (non-hydrogen) atoms. The number of carbonyl (C=O) groups is 1. The van der Waals surface area contributed by atoms with E-state index >= 15 is 0 Å². The van der Waals surface area contributed by atoms with Gasteiger partial charge in [-0.15, -0.1) is 0 Å². The number of ether oxygens (including phenoxy) is 2. The third-order valence-corrected chi connectivity index (χ3v) is 2.36. The molecule has 1 aromatic heterocycles. The van der Waals surface area contributed by atoms with Crippen LogP contribution in [0.4, 0.5) is 0 Å². The van der Waals surface area contributed by atoms with Crippen molar-refractivity contribution in [2.45, 2.75) is 11.4 Å². The minimum Gasteiger partial charge on any atom is -0.462 e. The van der Waals surface area contributed by atoms with Crippen LogP contribution in [-0.2, 0) is 20.1 Å². The molecule has 1 aromatic rings. The molecule has 2 aliphatic rings. The van der Waals surface area contributed by atoms with Gasteiger partial charge in [0.1, 0.15) is 0 Å². The van der Waals surface area contributed by atoms with Crippen LogP contribution >= 0.6 is 0 Å². The summed E-state index contributed by atoms with van der Waals surface area (Å²) in [4.78, 5) is 10.8. The van der Waals surface area contributed by atoms with Crippen LogP contribution in [0.5, 0.6) is 0 Å². The predicted octanol–water partition coefficient (Wildman–Crippen LogP) is 0.944. The van der Waals surface area contributed by atoms with Gasteiger partial charge in [0.15, 0.2) is 12.0 Å². The molecule has 2 aliphatic heterocycles. The number of carbonyl (C=O) groups excluding carboxylic acids is 1. The highest BCUT2D eigenvalue weighted by atomic mass is 16.8. The highest BCUT2D eigenvalue weighted by molar-refractivity contribution is 5.74. The summed E-state index contributed by atoms with van der Waals surface area (Å²) in [5.74, 6) is -0.497. The van der Waals surface area contributed by atoms with Crippen molar-refractivity contribution >= 4 is 6.29 Å². The second-order valence-corrected chi connectivity index (χ2v) is 3.03. The van der Waals surface area contributed by atoms with Gasteiger partial charge in [-0.05, 0) is 18.2 Å². The molecular formula is C9H6O4. The summed E-state index contributed by atoms with van der Waals surface area (Å²) in [6.45, 7) is 0. The molecule has 2 atom stereocenters. The maximum Gasteiger partial charge on any atom is 0.311 e. The minimum absolute atomic E-state index is 0.518. The van der Waals surface area contributed by atoms with Gasteiger partial charge in [-0.2, -0.15) is 0 Å². The van der Waals surface area contributed by atoms with Crippen LogP contribution < -0.4 is 0 Å². The van der Waals surface area contributed by atoms with E-state index < -0.39 is 11.4 Å². The lowest BCUT2D eigenvalue weighted by atomic mass is 10.0. The molecule has 0 amide bonds. The summed E-state index contributed by atoms with van der Waals surface area (Å²) in [5.41, 5.74) is -0.954. The van der Waals surface area contributed by atoms with E-state index in [1.165, 1.54) is 12.5 Å². The SMILES string of the molecule is O=CC12C=COC1(c1ccco1)O2. The zero-order chi connectivity index (χ0) is 8.94. The fourth-order valence-electron chi connectivity index (χ4n) is 1.61. The number of aldehydes is 1. The molecule has 0 N–H and O–H groups in total. The van der Waals surface area contributed by atoms with Gasteiger partial charge in [-0.25, -0.2) is 0 Å². The molecule has 0 saturated carbocycles. The van der Waals surface area contributed by atoms with Crippen molar-refractivity contribution in [3.05, 3.63) is 36.5 Å². The normalized spacial score (nSPS) is 39.7. The third kappa shape index (κ3) is 0.594. The summed E-state index contributed by atoms with van der Waals surface area (Å²) in [7, 11) is 0. The Hall–Kier alpha value is -1.55. The average molecular weight is 178 g/mol. The lowest BCUT2D eigenvalue weighted by Gasteiger charge is -2.05. The Morgan fingerprint density at radius 2 is 2.38 bits per heavy atom. The molecule has 4 heteroatoms. The molecule has 3 rings (SSSR count). The Kier molecular flexibility index (Phi) is 0.984. The molecule has 0 spiro atoms. The summed E-state index contributed by atoms with van der Waals surface area (Å²) >= 11 is 0. The largest absolute Gasteiger partial charge is 0.462 e. The van der Waals surface area contributed by atoms with Crippen molar-refractivity contribution in [1.29, 1.82) is 0 Å². The first kappa shape index (κ1) is 6.91. The number of hydrogen-bond acceptors (Lipinski definition) is 4. The van der Waals surface area contributed by atoms with Crippen molar-refractivity contribution in [1.82, 2.24) is 0 Å². The molecule has 4 nitrogen and oxygen atoms in total. The Labute approximate surface area is 73.7 Å². The molecule has 1 saturated heterocycles. The van der Waals surface area contributed by atoms with Gasteiger partial charge in [0, 0.05) is 0 Å². The molecule has 3 heterocycles. The molecule has 0 aromatic carbocycles. The number of hydrogen-bond donors (Lipinski definition) is 0. The van der Waals surface area contributed by atoms with Crippen LogP contribution in [0, 0.1) is 0 Å². The topological polar surface area (TPSA) is 52.0 Å². The maximum atomic E-state index is 10.8. The molecule has 66 valence electrons. The van der Waals surface area contributed by atoms with Crippen LogP contribution in [0.15, 0.2) is 35.2 Å². The summed E-state index contributed by atoms with van der Waals surface area (Å²) < 4.78 is 15.6. The van der Waals surface area contributed by atoms with Gasteiger partial charge in [0.25, 0.3) is 0 Å². The number of fused-ring (bicyclic) bond motifs is 1. The molecule has 1 fully saturated rings. The third-order valence-electron chi connectivity index (χ3n) is 2.36. The van der Waals surface area contributed by atoms with Crippen molar-refractivity contribution in [3.8, 4) is 0 Å². The first-order valence-corrected chi connectivity index (χ1v) is 3.89. The van der Waals surface area contributed by atoms with Crippen LogP contribution in [0.2, 0.25) is 0 Å². The monoisotopic (exact) mass is 178 g/mol. The highest BCUT2D eigenvalue weighted by Gasteiger charge is 2.77. The Morgan fingerprint density at radius 1 is 1.46 bits per heavy atom. The van der Waals surface area contributed by atoms with Gasteiger partial charge in [-0.3, -0.25) is 4.79 Å². The van der Waals surface area contributed by atoms with E-state index in [-0.39, 0.29) is 0 Å². The number of furan rings is 1. The van der Waals surface area contributed by atoms with Gasteiger partial charge in [0.05, 0.1) is 12.5 Å². The lowest BCUT2D eigenvalue weighted by molar-refractivity contribution is -0.110. The van der Waals surface area contributed by atoms with Crippen LogP contribution in [0.25, 0.3) is 0 Å². The maximum absolute atomic E-state index is 10.8. The quantitative estimate of drug-likeness (QED) is 0.499. The number of rotatable bonds is 2. The van der Waals surface area contributed by atoms with Crippen LogP contribution in [-0.4, -0.2) is 11.9 Å². The molecule has 0 bridgehead atoms. The summed E-state index contributed by atoms with van der Waals surface area (Å²) in [6.07, 6.45) is 5.28. The second-order valence-electron chi connectivity index (χ2n) is 3.03. The lowest BCUT2D eigenvalue weighted by Crippen LogP contribution is -2.20. The van der Waals surface area contributed by atoms with Crippen molar-refractivity contribution < 1.29 is 18.7 Å². The molecular weight excluding hydrogens is 172 g/mol. The van der Waals surface area contributed by atoms with Crippen LogP contribution in [0.3, 0.4) is 0 Å². The summed E-state index contributed by atoms with van der Waals surface area (Å²) in [6, 6.07) is 3.45. The van der Waals surface area contributed by atoms with E-state index in [0.29, 0.717) is 5.76 Å². The smallest absolute Gasteiger partial charge is 0.311 e. The second kappa shape index (κ2) is 1.85. The standard InChI is InChI=1S/C9H6O4/c10-6-8-3-5-12-9(8,13-8)7-2-1-4-11-7/h1-6H. The van der Waals surface area contributed by atoms with Gasteiger partial charge in [-0.1, -0.05) is 0 Å². The van der Waals surface area contributed by atoms with Crippen molar-refractivity contribution in [2.24, 2.45) is 0 Å². The first-order valence-electron chi connectivity index (χ1n) is 3.89. The highest BCUT2D eigenvalue weighted by Crippen LogP contribution is 2.59. The molecule has 0 radical (unpaired) electrons. The van der Waals surface area contributed by atoms with Gasteiger partial charge >= 0.3 is 5.79 Å². The van der Waals surface area contributed by atoms with E-state index in [2.05, 4.69) is 0 Å². The Balaban J connectivity index is 2.08. The van der Waals surface area contributed by atoms with E-state index in [0.717, 1.165) is 6.29 Å². The van der Waals surface area contributed by atoms with Crippen molar-refractivity contribution in [2.75, 3.05) is 0 Å². The van der Waals surface area contributed by atoms with Crippen molar-refractivity contribution in [3.63, 3.8) is 0 Å². The van der Waals surface area contributed by atoms with E-state index in [1.807, 2.05) is 0 Å². The van der Waals surface area contributed by atoms with Gasteiger partial charge in [0.2, 0.25) is 5.60 Å². The zero-order valence-corrected chi connectivity index (χ0v) is 6.60. The van der Waals surface area contributed by atoms with Gasteiger partial charge < -0.3 is 13.9 Å². The number of epoxide rings is 1. The van der Waals surface area contributed by atoms with E-state index in [9.17, 15) is 4.79 Å². The minimum atomic E-state index is -1.02. The molecule has 0 aliphatic carbocycles. The summed E-state index contributed by atoms with van der Waals surface area (Å²) in [5, 5.41) is 0.